The molecule has 77 heavy (non-hydrogen) atoms. The highest BCUT2D eigenvalue weighted by Crippen LogP contribution is 2.34. The lowest BCUT2D eigenvalue weighted by molar-refractivity contribution is -0.358. The number of nitrogens with one attached hydrogen (secondary N) is 4. The number of carbonyl (C=O) groups is 4. The molecule has 19 atom stereocenters. The van der Waals surface area contributed by atoms with Crippen molar-refractivity contribution in [2.75, 3.05) is 39.6 Å². The van der Waals surface area contributed by atoms with Crippen molar-refractivity contribution < 1.29 is 115 Å². The molecular formula is C48H77N4O24S-. The van der Waals surface area contributed by atoms with E-state index >= 15 is 0 Å². The van der Waals surface area contributed by atoms with Gasteiger partial charge in [0.05, 0.1) is 45.7 Å². The van der Waals surface area contributed by atoms with E-state index in [-0.39, 0.29) is 5.56 Å². The van der Waals surface area contributed by atoms with Gasteiger partial charge in [0.1, 0.15) is 97.1 Å². The van der Waals surface area contributed by atoms with Crippen molar-refractivity contribution in [3.8, 4) is 5.75 Å². The number of hydrogen-bond acceptors (Lipinski definition) is 24. The second kappa shape index (κ2) is 30.7. The van der Waals surface area contributed by atoms with E-state index in [2.05, 4.69) is 32.4 Å². The molecule has 29 heteroatoms. The molecule has 440 valence electrons. The molecule has 4 amide bonds. The topological polar surface area (TPSA) is 419 Å². The number of amides is 4. The zero-order valence-corrected chi connectivity index (χ0v) is 44.2. The molecule has 4 fully saturated rings. The highest BCUT2D eigenvalue weighted by molar-refractivity contribution is 7.80. The van der Waals surface area contributed by atoms with Crippen molar-refractivity contribution in [2.45, 2.75) is 202 Å². The average molecular weight is 1130 g/mol. The van der Waals surface area contributed by atoms with Gasteiger partial charge < -0.3 is 105 Å². The molecule has 0 radical (unpaired) electrons. The Kier molecular flexibility index (Phi) is 25.5. The van der Waals surface area contributed by atoms with E-state index in [4.69, 9.17) is 37.9 Å². The number of rotatable bonds is 28. The Morgan fingerprint density at radius 1 is 0.610 bits per heavy atom. The van der Waals surface area contributed by atoms with Crippen molar-refractivity contribution in [3.05, 3.63) is 29.8 Å². The Morgan fingerprint density at radius 2 is 1.08 bits per heavy atom. The first-order valence-electron chi connectivity index (χ1n) is 25.8. The van der Waals surface area contributed by atoms with Gasteiger partial charge in [-0.3, -0.25) is 23.4 Å². The lowest BCUT2D eigenvalue weighted by atomic mass is 9.93. The van der Waals surface area contributed by atoms with Crippen molar-refractivity contribution >= 4 is 34.0 Å². The largest absolute Gasteiger partial charge is 0.726 e. The third-order valence-corrected chi connectivity index (χ3v) is 13.9. The third-order valence-electron chi connectivity index (χ3n) is 13.5. The number of ether oxygens (including phenoxy) is 8. The molecular weight excluding hydrogens is 1050 g/mol. The molecule has 0 bridgehead atoms. The van der Waals surface area contributed by atoms with Gasteiger partial charge in [0.25, 0.3) is 5.91 Å². The van der Waals surface area contributed by atoms with Gasteiger partial charge in [0.2, 0.25) is 28.1 Å². The third kappa shape index (κ3) is 18.3. The van der Waals surface area contributed by atoms with E-state index in [0.717, 1.165) is 46.5 Å². The molecule has 1 aromatic rings. The van der Waals surface area contributed by atoms with E-state index in [1.165, 1.54) is 44.2 Å². The highest BCUT2D eigenvalue weighted by atomic mass is 32.3. The lowest BCUT2D eigenvalue weighted by Crippen LogP contribution is -2.71. The van der Waals surface area contributed by atoms with Crippen LogP contribution in [-0.4, -0.2) is 233 Å². The second-order valence-electron chi connectivity index (χ2n) is 19.5. The Balaban J connectivity index is 1.33. The maximum absolute atomic E-state index is 13.8. The van der Waals surface area contributed by atoms with E-state index < -0.39 is 183 Å². The Labute approximate surface area is 446 Å². The van der Waals surface area contributed by atoms with Gasteiger partial charge in [0, 0.05) is 26.3 Å². The Morgan fingerprint density at radius 3 is 1.56 bits per heavy atom. The molecule has 4 aliphatic rings. The van der Waals surface area contributed by atoms with Crippen molar-refractivity contribution in [1.29, 1.82) is 0 Å². The summed E-state index contributed by atoms with van der Waals surface area (Å²) >= 11 is 0. The van der Waals surface area contributed by atoms with Gasteiger partial charge >= 0.3 is 0 Å². The van der Waals surface area contributed by atoms with Crippen LogP contribution in [0.5, 0.6) is 5.75 Å². The Bertz CT molecular complexity index is 2130. The van der Waals surface area contributed by atoms with Gasteiger partial charge in [-0.15, -0.1) is 0 Å². The van der Waals surface area contributed by atoms with Crippen LogP contribution in [0.25, 0.3) is 0 Å². The van der Waals surface area contributed by atoms with Crippen molar-refractivity contribution in [1.82, 2.24) is 21.3 Å². The zero-order valence-electron chi connectivity index (χ0n) is 43.4. The molecule has 0 aliphatic carbocycles. The van der Waals surface area contributed by atoms with Crippen LogP contribution < -0.4 is 26.0 Å². The van der Waals surface area contributed by atoms with Crippen LogP contribution in [0.3, 0.4) is 0 Å². The maximum atomic E-state index is 13.8. The smallest absolute Gasteiger partial charge is 0.251 e. The predicted molar refractivity (Wildman–Crippen MR) is 261 cm³/mol. The van der Waals surface area contributed by atoms with Gasteiger partial charge in [-0.2, -0.15) is 0 Å². The second-order valence-corrected chi connectivity index (χ2v) is 20.5. The summed E-state index contributed by atoms with van der Waals surface area (Å²) in [4.78, 5) is 51.1. The molecule has 0 spiro atoms. The number of benzene rings is 1. The van der Waals surface area contributed by atoms with Crippen LogP contribution in [-0.2, 0) is 62.1 Å². The van der Waals surface area contributed by atoms with Gasteiger partial charge in [-0.05, 0) is 24.6 Å². The van der Waals surface area contributed by atoms with Crippen molar-refractivity contribution in [3.63, 3.8) is 0 Å². The summed E-state index contributed by atoms with van der Waals surface area (Å²) in [6.45, 7) is 1.57. The summed E-state index contributed by atoms with van der Waals surface area (Å²) in [7, 11) is -5.31. The first-order valence-corrected chi connectivity index (χ1v) is 27.2. The fraction of sp³-hybridized carbons (Fsp3) is 0.792. The van der Waals surface area contributed by atoms with Crippen molar-refractivity contribution in [2.24, 2.45) is 0 Å². The maximum Gasteiger partial charge on any atom is 0.251 e. The van der Waals surface area contributed by atoms with Crippen LogP contribution in [0, 0.1) is 0 Å². The Hall–Kier alpha value is -3.83. The SMILES string of the molecule is CCCCCCCCCCCOc1cccc(C(=O)N[C@@H]2C(O[C@H]3C(O)C(NC(C)=O)C(OC4C(CO)O[C@@H](O[C@H]5C(O)C(NC(C)=O)CO[C@H]5COS(=O)(=O)[O-])[C@@H](NC(C)=O)[C@H]4O)O[C@H]3CO)OC(CO)[C@@H](O)[C@@H]2O)c1. The molecule has 28 nitrogen and oxygen atoms in total. The average Bonchev–Trinajstić information content (AvgIpc) is 3.38. The molecule has 0 aromatic heterocycles. The van der Waals surface area contributed by atoms with E-state index in [1.807, 2.05) is 0 Å². The number of carbonyl (C=O) groups excluding carboxylic acids is 4. The normalized spacial score (nSPS) is 34.6. The fourth-order valence-electron chi connectivity index (χ4n) is 9.58. The standard InChI is InChI=1S/C48H78N4O24S/c1-5-6-7-8-9-10-11-12-13-17-68-28-16-14-15-27(18-28)45(64)52-34-39(61)38(60)30(19-53)71-46(34)74-42-31(20-54)72-47(35(40(42)62)50-25(3)57)75-43-32(21-55)73-48(36(41(43)63)51-26(4)58)76-44-33(23-70-77(65,66)67)69-22-29(37(44)59)49-24(2)56/h14-16,18,29-44,46-48,53-55,59-63H,5-13,17,19-23H2,1-4H3,(H,49,56)(H,50,57)(H,51,58)(H,52,64)(H,65,66,67)/p-1/t29?,30?,31-,32?,33-,34-,35?,36-,37?,38+,39+,40?,41+,42+,43?,44+,46?,47?,48-/m0/s1. The highest BCUT2D eigenvalue weighted by Gasteiger charge is 2.56. The van der Waals surface area contributed by atoms with Gasteiger partial charge in [-0.1, -0.05) is 64.4 Å². The molecule has 4 aliphatic heterocycles. The summed E-state index contributed by atoms with van der Waals surface area (Å²) in [5, 5.41) is 98.8. The summed E-state index contributed by atoms with van der Waals surface area (Å²) in [6, 6.07) is -0.0200. The monoisotopic (exact) mass is 1130 g/mol. The van der Waals surface area contributed by atoms with E-state index in [1.54, 1.807) is 12.1 Å². The number of unbranched alkanes of at least 4 members (excludes halogenated alkanes) is 8. The summed E-state index contributed by atoms with van der Waals surface area (Å²) in [5.41, 5.74) is 0.0800. The predicted octanol–water partition coefficient (Wildman–Crippen LogP) is -3.80. The quantitative estimate of drug-likeness (QED) is 0.0217. The first kappa shape index (κ1) is 64.0. The number of aliphatic hydroxyl groups is 8. The molecule has 4 saturated heterocycles. The van der Waals surface area contributed by atoms with Crippen LogP contribution in [0.2, 0.25) is 0 Å². The fourth-order valence-corrected chi connectivity index (χ4v) is 9.88. The first-order chi connectivity index (χ1) is 36.6. The molecule has 12 N–H and O–H groups in total. The van der Waals surface area contributed by atoms with E-state index in [0.29, 0.717) is 12.4 Å². The molecule has 4 heterocycles. The van der Waals surface area contributed by atoms with E-state index in [9.17, 15) is 73.0 Å². The number of aliphatic hydroxyl groups excluding tert-OH is 8. The summed E-state index contributed by atoms with van der Waals surface area (Å²) in [6.07, 6.45) is -16.4. The zero-order chi connectivity index (χ0) is 56.6. The molecule has 0 saturated carbocycles. The van der Waals surface area contributed by atoms with Crippen LogP contribution in [0.4, 0.5) is 0 Å². The van der Waals surface area contributed by atoms with Crippen LogP contribution in [0.1, 0.15) is 95.8 Å². The molecule has 5 rings (SSSR count). The minimum Gasteiger partial charge on any atom is -0.726 e. The summed E-state index contributed by atoms with van der Waals surface area (Å²) < 4.78 is 86.1. The minimum absolute atomic E-state index is 0.0800. The van der Waals surface area contributed by atoms with Crippen LogP contribution >= 0.6 is 0 Å². The summed E-state index contributed by atoms with van der Waals surface area (Å²) in [5.74, 6) is -2.60. The minimum atomic E-state index is -5.31. The van der Waals surface area contributed by atoms with Gasteiger partial charge in [-0.25, -0.2) is 8.42 Å². The number of hydrogen-bond donors (Lipinski definition) is 12. The molecule has 9 unspecified atom stereocenters. The van der Waals surface area contributed by atoms with Gasteiger partial charge in [0.15, 0.2) is 18.9 Å². The molecule has 1 aromatic carbocycles. The lowest BCUT2D eigenvalue weighted by Gasteiger charge is -2.50. The van der Waals surface area contributed by atoms with Crippen LogP contribution in [0.15, 0.2) is 24.3 Å².